The van der Waals surface area contributed by atoms with E-state index in [1.54, 1.807) is 0 Å². The summed E-state index contributed by atoms with van der Waals surface area (Å²) < 4.78 is 89.7. The van der Waals surface area contributed by atoms with E-state index in [-0.39, 0.29) is 9.13 Å². The molecule has 1 aromatic carbocycles. The summed E-state index contributed by atoms with van der Waals surface area (Å²) >= 11 is 17.8. The molecule has 0 aliphatic carbocycles. The van der Waals surface area contributed by atoms with Gasteiger partial charge in [-0.05, 0) is 46.7 Å². The van der Waals surface area contributed by atoms with Crippen LogP contribution in [-0.4, -0.2) is 16.1 Å². The number of rotatable bonds is 2. The molecule has 0 nitrogen and oxygen atoms in total. The topological polar surface area (TPSA) is 0 Å². The summed E-state index contributed by atoms with van der Waals surface area (Å²) in [5.41, 5.74) is -8.07. The summed E-state index contributed by atoms with van der Waals surface area (Å²) in [6.07, 6.45) is -13.3. The molecule has 0 saturated heterocycles. The van der Waals surface area contributed by atoms with Crippen LogP contribution in [0, 0.1) is 16.6 Å². The molecule has 131 valence electrons. The lowest BCUT2D eigenvalue weighted by Gasteiger charge is -2.33. The van der Waals surface area contributed by atoms with E-state index in [4.69, 9.17) is 34.8 Å². The van der Waals surface area contributed by atoms with Gasteiger partial charge in [0.25, 0.3) is 0 Å². The van der Waals surface area contributed by atoms with Crippen LogP contribution < -0.4 is 0 Å². The van der Waals surface area contributed by atoms with Crippen LogP contribution in [0.5, 0.6) is 0 Å². The molecule has 0 saturated carbocycles. The Labute approximate surface area is 155 Å². The first-order valence-electron chi connectivity index (χ1n) is 5.61. The number of hydrogen-bond acceptors (Lipinski definition) is 0. The molecular weight excluding hydrogens is 510 g/mol. The van der Waals surface area contributed by atoms with E-state index in [9.17, 15) is 30.7 Å². The predicted octanol–water partition coefficient (Wildman–Crippen LogP) is 6.60. The van der Waals surface area contributed by atoms with Crippen LogP contribution in [0.15, 0.2) is 6.07 Å². The standard InChI is InChI=1S/C12H6Cl3F7I/c1-5-2-7(6(8(23)3-5)4-9(13,14)15)10(16,11(17,18)19)12(20,21)22/h2H,4H2,1H3. The number of hydrogen-bond donors (Lipinski definition) is 0. The zero-order valence-corrected chi connectivity index (χ0v) is 15.4. The highest BCUT2D eigenvalue weighted by molar-refractivity contribution is 14.1. The van der Waals surface area contributed by atoms with Gasteiger partial charge in [0.05, 0.1) is 0 Å². The average Bonchev–Trinajstić information content (AvgIpc) is 2.26. The Kier molecular flexibility index (Phi) is 6.10. The molecule has 23 heavy (non-hydrogen) atoms. The molecule has 1 rings (SSSR count). The van der Waals surface area contributed by atoms with Crippen molar-refractivity contribution in [2.24, 2.45) is 0 Å². The molecule has 1 radical (unpaired) electrons. The Hall–Kier alpha value is 0.330. The van der Waals surface area contributed by atoms with Crippen molar-refractivity contribution in [3.05, 3.63) is 32.4 Å². The minimum absolute atomic E-state index is 0.118. The number of alkyl halides is 10. The quantitative estimate of drug-likeness (QED) is 0.236. The largest absolute Gasteiger partial charge is 0.435 e. The van der Waals surface area contributed by atoms with Gasteiger partial charge in [0.2, 0.25) is 0 Å². The average molecular weight is 516 g/mol. The molecule has 0 aliphatic rings. The second kappa shape index (κ2) is 6.57. The number of halogens is 11. The minimum Gasteiger partial charge on any atom is -0.218 e. The Bertz CT molecular complexity index is 576. The van der Waals surface area contributed by atoms with Gasteiger partial charge in [0, 0.05) is 15.6 Å². The van der Waals surface area contributed by atoms with Gasteiger partial charge in [-0.25, -0.2) is 4.39 Å². The first-order chi connectivity index (χ1) is 10.0. The first-order valence-corrected chi connectivity index (χ1v) is 7.83. The molecule has 0 bridgehead atoms. The van der Waals surface area contributed by atoms with Crippen LogP contribution in [0.4, 0.5) is 30.7 Å². The lowest BCUT2D eigenvalue weighted by Crippen LogP contribution is -2.51. The van der Waals surface area contributed by atoms with E-state index in [2.05, 4.69) is 6.07 Å². The van der Waals surface area contributed by atoms with Crippen LogP contribution in [0.25, 0.3) is 0 Å². The van der Waals surface area contributed by atoms with E-state index < -0.39 is 39.4 Å². The van der Waals surface area contributed by atoms with Crippen LogP contribution >= 0.6 is 57.4 Å². The van der Waals surface area contributed by atoms with Crippen molar-refractivity contribution < 1.29 is 30.7 Å². The van der Waals surface area contributed by atoms with Crippen molar-refractivity contribution in [1.29, 1.82) is 0 Å². The fraction of sp³-hybridized carbons (Fsp3) is 0.500. The summed E-state index contributed by atoms with van der Waals surface area (Å²) in [6, 6.07) is 2.90. The highest BCUT2D eigenvalue weighted by Crippen LogP contribution is 2.55. The van der Waals surface area contributed by atoms with Crippen LogP contribution in [0.2, 0.25) is 0 Å². The third kappa shape index (κ3) is 4.49. The van der Waals surface area contributed by atoms with Crippen molar-refractivity contribution in [3.63, 3.8) is 0 Å². The molecule has 1 aromatic rings. The molecule has 0 N–H and O–H groups in total. The van der Waals surface area contributed by atoms with Crippen molar-refractivity contribution in [2.75, 3.05) is 0 Å². The van der Waals surface area contributed by atoms with Crippen LogP contribution in [0.1, 0.15) is 16.7 Å². The molecule has 0 aromatic heterocycles. The molecule has 0 unspecified atom stereocenters. The Morgan fingerprint density at radius 2 is 1.43 bits per heavy atom. The summed E-state index contributed by atoms with van der Waals surface area (Å²) in [5.74, 6) is 0. The molecular formula is C12H6Cl3F7I. The summed E-state index contributed by atoms with van der Waals surface area (Å²) in [5, 5.41) is 0. The second-order valence-electron chi connectivity index (χ2n) is 4.60. The van der Waals surface area contributed by atoms with Crippen molar-refractivity contribution in [2.45, 2.75) is 35.2 Å². The van der Waals surface area contributed by atoms with Gasteiger partial charge in [-0.3, -0.25) is 0 Å². The third-order valence-electron chi connectivity index (χ3n) is 2.79. The van der Waals surface area contributed by atoms with Gasteiger partial charge < -0.3 is 0 Å². The van der Waals surface area contributed by atoms with Gasteiger partial charge in [-0.2, -0.15) is 26.3 Å². The monoisotopic (exact) mass is 515 g/mol. The zero-order valence-electron chi connectivity index (χ0n) is 10.9. The predicted molar refractivity (Wildman–Crippen MR) is 81.6 cm³/mol. The van der Waals surface area contributed by atoms with Gasteiger partial charge in [-0.15, -0.1) is 0 Å². The molecule has 0 spiro atoms. The Morgan fingerprint density at radius 3 is 1.78 bits per heavy atom. The Balaban J connectivity index is 3.80. The lowest BCUT2D eigenvalue weighted by atomic mass is 9.87. The molecule has 11 heteroatoms. The molecule has 0 aliphatic heterocycles. The second-order valence-corrected chi connectivity index (χ2v) is 8.20. The van der Waals surface area contributed by atoms with Crippen LogP contribution in [0.3, 0.4) is 0 Å². The molecule has 0 amide bonds. The van der Waals surface area contributed by atoms with E-state index in [1.165, 1.54) is 29.5 Å². The maximum absolute atomic E-state index is 14.3. The van der Waals surface area contributed by atoms with E-state index in [0.29, 0.717) is 6.07 Å². The van der Waals surface area contributed by atoms with Gasteiger partial charge in [0.15, 0.2) is 3.79 Å². The fourth-order valence-electron chi connectivity index (χ4n) is 1.85. The van der Waals surface area contributed by atoms with Crippen molar-refractivity contribution >= 4 is 57.4 Å². The van der Waals surface area contributed by atoms with E-state index >= 15 is 0 Å². The maximum Gasteiger partial charge on any atom is 0.435 e. The smallest absolute Gasteiger partial charge is 0.218 e. The van der Waals surface area contributed by atoms with Crippen molar-refractivity contribution in [3.8, 4) is 0 Å². The molecule has 0 fully saturated rings. The highest BCUT2D eigenvalue weighted by atomic mass is 127. The van der Waals surface area contributed by atoms with Crippen molar-refractivity contribution in [1.82, 2.24) is 0 Å². The summed E-state index contributed by atoms with van der Waals surface area (Å²) in [7, 11) is 0. The van der Waals surface area contributed by atoms with E-state index in [0.717, 1.165) is 0 Å². The van der Waals surface area contributed by atoms with Crippen LogP contribution in [-0.2, 0) is 12.1 Å². The minimum atomic E-state index is -6.25. The SMILES string of the molecule is Cc1[c]c(I)c(CC(Cl)(Cl)Cl)c(C(F)(C(F)(F)F)C(F)(F)F)c1. The number of aryl methyl sites for hydroxylation is 1. The zero-order chi connectivity index (χ0) is 18.4. The first kappa shape index (κ1) is 21.4. The fourth-order valence-corrected chi connectivity index (χ4v) is 3.16. The summed E-state index contributed by atoms with van der Waals surface area (Å²) in [6.45, 7) is 1.18. The molecule has 0 heterocycles. The van der Waals surface area contributed by atoms with E-state index in [1.807, 2.05) is 0 Å². The lowest BCUT2D eigenvalue weighted by molar-refractivity contribution is -0.348. The highest BCUT2D eigenvalue weighted by Gasteiger charge is 2.74. The normalized spacial score (nSPS) is 14.3. The third-order valence-corrected chi connectivity index (χ3v) is 4.11. The number of benzene rings is 1. The molecule has 0 atom stereocenters. The summed E-state index contributed by atoms with van der Waals surface area (Å²) in [4.78, 5) is 0. The van der Waals surface area contributed by atoms with Gasteiger partial charge in [0.1, 0.15) is 0 Å². The van der Waals surface area contributed by atoms with Gasteiger partial charge in [-0.1, -0.05) is 40.9 Å². The maximum atomic E-state index is 14.3. The Morgan fingerprint density at radius 1 is 1.00 bits per heavy atom. The van der Waals surface area contributed by atoms with Gasteiger partial charge >= 0.3 is 18.0 Å².